The van der Waals surface area contributed by atoms with Gasteiger partial charge in [-0.1, -0.05) is 13.8 Å². The van der Waals surface area contributed by atoms with Crippen molar-refractivity contribution in [1.29, 1.82) is 0 Å². The molecule has 6 heteroatoms. The zero-order valence-electron chi connectivity index (χ0n) is 12.8. The Morgan fingerprint density at radius 1 is 1.45 bits per heavy atom. The molecule has 0 aliphatic carbocycles. The van der Waals surface area contributed by atoms with Gasteiger partial charge >= 0.3 is 0 Å². The van der Waals surface area contributed by atoms with Crippen LogP contribution in [0.2, 0.25) is 0 Å². The van der Waals surface area contributed by atoms with E-state index < -0.39 is 0 Å². The summed E-state index contributed by atoms with van der Waals surface area (Å²) in [7, 11) is 1.90. The van der Waals surface area contributed by atoms with Crippen LogP contribution in [0.25, 0.3) is 0 Å². The lowest BCUT2D eigenvalue weighted by Crippen LogP contribution is -2.27. The number of nitrogens with two attached hydrogens (primary N) is 1. The van der Waals surface area contributed by atoms with Crippen molar-refractivity contribution < 1.29 is 4.79 Å². The molecule has 3 N–H and O–H groups in total. The molecule has 0 bridgehead atoms. The fourth-order valence-corrected chi connectivity index (χ4v) is 2.28. The van der Waals surface area contributed by atoms with Gasteiger partial charge < -0.3 is 15.6 Å². The van der Waals surface area contributed by atoms with Crippen LogP contribution in [0, 0.1) is 11.8 Å². The topological polar surface area (TPSA) is 85.8 Å². The van der Waals surface area contributed by atoms with Gasteiger partial charge in [0.25, 0.3) is 0 Å². The van der Waals surface area contributed by atoms with Crippen molar-refractivity contribution in [3.05, 3.63) is 12.2 Å². The van der Waals surface area contributed by atoms with E-state index in [1.54, 1.807) is 6.33 Å². The summed E-state index contributed by atoms with van der Waals surface area (Å²) in [4.78, 5) is 11.8. The van der Waals surface area contributed by atoms with Crippen LogP contribution in [0.15, 0.2) is 6.33 Å². The van der Waals surface area contributed by atoms with E-state index in [0.29, 0.717) is 37.8 Å². The standard InChI is InChI=1S/C14H27N5O/c1-11(2)12(6-8-15)4-5-14(20)16-9-7-13-18-17-10-19(13)3/h10-12H,4-9,15H2,1-3H3,(H,16,20). The lowest BCUT2D eigenvalue weighted by molar-refractivity contribution is -0.121. The second-order valence-corrected chi connectivity index (χ2v) is 5.58. The molecule has 1 rings (SSSR count). The number of hydrogen-bond acceptors (Lipinski definition) is 4. The number of amides is 1. The minimum absolute atomic E-state index is 0.106. The van der Waals surface area contributed by atoms with Gasteiger partial charge in [-0.2, -0.15) is 0 Å². The van der Waals surface area contributed by atoms with Crippen molar-refractivity contribution in [2.75, 3.05) is 13.1 Å². The normalized spacial score (nSPS) is 12.7. The van der Waals surface area contributed by atoms with Crippen LogP contribution in [-0.2, 0) is 18.3 Å². The minimum Gasteiger partial charge on any atom is -0.356 e. The predicted octanol–water partition coefficient (Wildman–Crippen LogP) is 0.875. The first-order chi connectivity index (χ1) is 9.54. The molecule has 0 fully saturated rings. The Balaban J connectivity index is 2.21. The van der Waals surface area contributed by atoms with Gasteiger partial charge in [0.15, 0.2) is 0 Å². The minimum atomic E-state index is 0.106. The molecule has 1 unspecified atom stereocenters. The van der Waals surface area contributed by atoms with E-state index in [9.17, 15) is 4.79 Å². The maximum absolute atomic E-state index is 11.8. The van der Waals surface area contributed by atoms with Crippen LogP contribution in [0.3, 0.4) is 0 Å². The monoisotopic (exact) mass is 281 g/mol. The molecule has 0 aromatic carbocycles. The predicted molar refractivity (Wildman–Crippen MR) is 79.0 cm³/mol. The highest BCUT2D eigenvalue weighted by Crippen LogP contribution is 2.20. The van der Waals surface area contributed by atoms with E-state index in [4.69, 9.17) is 5.73 Å². The summed E-state index contributed by atoms with van der Waals surface area (Å²) in [6.45, 7) is 5.67. The number of nitrogens with one attached hydrogen (secondary N) is 1. The Morgan fingerprint density at radius 3 is 2.75 bits per heavy atom. The van der Waals surface area contributed by atoms with Gasteiger partial charge in [0.2, 0.25) is 5.91 Å². The van der Waals surface area contributed by atoms with Gasteiger partial charge in [-0.3, -0.25) is 4.79 Å². The Hall–Kier alpha value is -1.43. The number of hydrogen-bond donors (Lipinski definition) is 2. The molecule has 1 atom stereocenters. The van der Waals surface area contributed by atoms with Crippen molar-refractivity contribution in [1.82, 2.24) is 20.1 Å². The molecule has 6 nitrogen and oxygen atoms in total. The molecule has 1 amide bonds. The van der Waals surface area contributed by atoms with E-state index in [0.717, 1.165) is 18.7 Å². The van der Waals surface area contributed by atoms with E-state index >= 15 is 0 Å². The van der Waals surface area contributed by atoms with Crippen LogP contribution in [0.4, 0.5) is 0 Å². The van der Waals surface area contributed by atoms with Crippen LogP contribution < -0.4 is 11.1 Å². The van der Waals surface area contributed by atoms with Crippen molar-refractivity contribution in [2.24, 2.45) is 24.6 Å². The van der Waals surface area contributed by atoms with Crippen molar-refractivity contribution in [3.8, 4) is 0 Å². The maximum Gasteiger partial charge on any atom is 0.220 e. The highest BCUT2D eigenvalue weighted by atomic mass is 16.1. The van der Waals surface area contributed by atoms with Gasteiger partial charge in [0.1, 0.15) is 12.2 Å². The summed E-state index contributed by atoms with van der Waals surface area (Å²) in [6.07, 6.45) is 4.84. The van der Waals surface area contributed by atoms with Crippen LogP contribution in [-0.4, -0.2) is 33.8 Å². The number of aryl methyl sites for hydroxylation is 1. The average Bonchev–Trinajstić information content (AvgIpc) is 2.80. The molecule has 1 aromatic rings. The fraction of sp³-hybridized carbons (Fsp3) is 0.786. The Morgan fingerprint density at radius 2 is 2.20 bits per heavy atom. The molecule has 114 valence electrons. The summed E-state index contributed by atoms with van der Waals surface area (Å²) >= 11 is 0. The number of carbonyl (C=O) groups is 1. The summed E-state index contributed by atoms with van der Waals surface area (Å²) in [5, 5.41) is 10.7. The molecule has 0 saturated heterocycles. The Kier molecular flexibility index (Phi) is 7.22. The summed E-state index contributed by atoms with van der Waals surface area (Å²) in [5.41, 5.74) is 5.61. The Labute approximate surface area is 121 Å². The van der Waals surface area contributed by atoms with Crippen molar-refractivity contribution in [2.45, 2.75) is 39.5 Å². The molecule has 0 saturated carbocycles. The first-order valence-corrected chi connectivity index (χ1v) is 7.34. The zero-order valence-corrected chi connectivity index (χ0v) is 12.8. The van der Waals surface area contributed by atoms with Gasteiger partial charge in [-0.25, -0.2) is 0 Å². The number of rotatable bonds is 9. The highest BCUT2D eigenvalue weighted by Gasteiger charge is 2.14. The van der Waals surface area contributed by atoms with Crippen LogP contribution in [0.5, 0.6) is 0 Å². The summed E-state index contributed by atoms with van der Waals surface area (Å²) in [6, 6.07) is 0. The first-order valence-electron chi connectivity index (χ1n) is 7.34. The fourth-order valence-electron chi connectivity index (χ4n) is 2.28. The maximum atomic E-state index is 11.8. The van der Waals surface area contributed by atoms with E-state index in [1.165, 1.54) is 0 Å². The molecule has 0 radical (unpaired) electrons. The number of aromatic nitrogens is 3. The summed E-state index contributed by atoms with van der Waals surface area (Å²) < 4.78 is 1.86. The quantitative estimate of drug-likeness (QED) is 0.703. The molecule has 0 aliphatic rings. The van der Waals surface area contributed by atoms with Gasteiger partial charge in [0.05, 0.1) is 0 Å². The second-order valence-electron chi connectivity index (χ2n) is 5.58. The molecule has 0 spiro atoms. The van der Waals surface area contributed by atoms with Gasteiger partial charge in [0, 0.05) is 26.4 Å². The summed E-state index contributed by atoms with van der Waals surface area (Å²) in [5.74, 6) is 2.10. The lowest BCUT2D eigenvalue weighted by atomic mass is 9.88. The van der Waals surface area contributed by atoms with E-state index in [-0.39, 0.29) is 5.91 Å². The largest absolute Gasteiger partial charge is 0.356 e. The lowest BCUT2D eigenvalue weighted by Gasteiger charge is -2.19. The molecule has 20 heavy (non-hydrogen) atoms. The molecule has 1 aromatic heterocycles. The molecular formula is C14H27N5O. The SMILES string of the molecule is CC(C)C(CCN)CCC(=O)NCCc1nncn1C. The number of carbonyl (C=O) groups excluding carboxylic acids is 1. The van der Waals surface area contributed by atoms with Crippen LogP contribution in [0.1, 0.15) is 38.9 Å². The average molecular weight is 281 g/mol. The van der Waals surface area contributed by atoms with Crippen molar-refractivity contribution >= 4 is 5.91 Å². The smallest absolute Gasteiger partial charge is 0.220 e. The van der Waals surface area contributed by atoms with Crippen molar-refractivity contribution in [3.63, 3.8) is 0 Å². The first kappa shape index (κ1) is 16.6. The van der Waals surface area contributed by atoms with E-state index in [1.807, 2.05) is 11.6 Å². The van der Waals surface area contributed by atoms with Gasteiger partial charge in [-0.05, 0) is 31.2 Å². The third kappa shape index (κ3) is 5.69. The number of nitrogens with zero attached hydrogens (tertiary/aromatic N) is 3. The highest BCUT2D eigenvalue weighted by molar-refractivity contribution is 5.75. The molecular weight excluding hydrogens is 254 g/mol. The molecule has 0 aliphatic heterocycles. The van der Waals surface area contributed by atoms with Crippen LogP contribution >= 0.6 is 0 Å². The molecule has 1 heterocycles. The zero-order chi connectivity index (χ0) is 15.0. The third-order valence-corrected chi connectivity index (χ3v) is 3.70. The van der Waals surface area contributed by atoms with Gasteiger partial charge in [-0.15, -0.1) is 10.2 Å². The second kappa shape index (κ2) is 8.68. The van der Waals surface area contributed by atoms with E-state index in [2.05, 4.69) is 29.4 Å². The third-order valence-electron chi connectivity index (χ3n) is 3.70. The Bertz CT molecular complexity index is 402.